The third-order valence-electron chi connectivity index (χ3n) is 5.00. The molecule has 0 radical (unpaired) electrons. The molecule has 158 valence electrons. The number of ether oxygens (including phenoxy) is 2. The maximum absolute atomic E-state index is 12.8. The van der Waals surface area contributed by atoms with Gasteiger partial charge in [-0.25, -0.2) is 4.98 Å². The number of rotatable bonds is 5. The van der Waals surface area contributed by atoms with Crippen molar-refractivity contribution >= 4 is 29.3 Å². The van der Waals surface area contributed by atoms with Crippen LogP contribution in [0.4, 0.5) is 5.69 Å². The van der Waals surface area contributed by atoms with Crippen molar-refractivity contribution in [2.24, 2.45) is 0 Å². The molecule has 2 heterocycles. The van der Waals surface area contributed by atoms with Gasteiger partial charge in [-0.3, -0.25) is 9.59 Å². The summed E-state index contributed by atoms with van der Waals surface area (Å²) in [5.41, 5.74) is 2.68. The standard InChI is InChI=1S/C23H21N3O4S/c1-26-17-8-7-15(12-20(17)31-22-16(23(26)28)5-4-10-24-22)21(27)25-13-14-6-9-18(29-2)19(11-14)30-3/h4-12H,13H2,1-3H3,(H,25,27). The monoisotopic (exact) mass is 435 g/mol. The van der Waals surface area contributed by atoms with E-state index in [1.54, 1.807) is 68.8 Å². The van der Waals surface area contributed by atoms with Crippen molar-refractivity contribution in [3.63, 3.8) is 0 Å². The molecule has 1 aliphatic rings. The summed E-state index contributed by atoms with van der Waals surface area (Å²) < 4.78 is 10.6. The minimum atomic E-state index is -0.211. The molecule has 2 amide bonds. The molecule has 1 N–H and O–H groups in total. The average Bonchev–Trinajstić information content (AvgIpc) is 2.91. The Labute approximate surface area is 184 Å². The van der Waals surface area contributed by atoms with Crippen molar-refractivity contribution < 1.29 is 19.1 Å². The van der Waals surface area contributed by atoms with Gasteiger partial charge in [-0.2, -0.15) is 0 Å². The Bertz CT molecular complexity index is 1170. The molecule has 2 aromatic carbocycles. The van der Waals surface area contributed by atoms with E-state index in [1.807, 2.05) is 12.1 Å². The summed E-state index contributed by atoms with van der Waals surface area (Å²) in [7, 11) is 4.87. The van der Waals surface area contributed by atoms with Crippen LogP contribution in [-0.4, -0.2) is 38.1 Å². The second-order valence-electron chi connectivity index (χ2n) is 6.88. The Kier molecular flexibility index (Phi) is 5.81. The van der Waals surface area contributed by atoms with Crippen LogP contribution in [0, 0.1) is 0 Å². The second kappa shape index (κ2) is 8.69. The first-order valence-electron chi connectivity index (χ1n) is 9.56. The maximum atomic E-state index is 12.8. The summed E-state index contributed by atoms with van der Waals surface area (Å²) in [5.74, 6) is 0.903. The smallest absolute Gasteiger partial charge is 0.260 e. The lowest BCUT2D eigenvalue weighted by Gasteiger charge is -2.17. The topological polar surface area (TPSA) is 80.8 Å². The first-order chi connectivity index (χ1) is 15.0. The van der Waals surface area contributed by atoms with Gasteiger partial charge in [-0.05, 0) is 48.0 Å². The number of carbonyl (C=O) groups excluding carboxylic acids is 2. The molecule has 1 aliphatic heterocycles. The normalized spacial score (nSPS) is 12.5. The van der Waals surface area contributed by atoms with Crippen LogP contribution in [0.15, 0.2) is 64.6 Å². The van der Waals surface area contributed by atoms with Gasteiger partial charge in [0, 0.05) is 30.2 Å². The fraction of sp³-hybridized carbons (Fsp3) is 0.174. The molecule has 8 heteroatoms. The van der Waals surface area contributed by atoms with E-state index >= 15 is 0 Å². The summed E-state index contributed by atoms with van der Waals surface area (Å²) >= 11 is 1.38. The molecule has 0 aliphatic carbocycles. The van der Waals surface area contributed by atoms with Crippen LogP contribution in [0.1, 0.15) is 26.3 Å². The third kappa shape index (κ3) is 4.06. The molecule has 3 aromatic rings. The number of benzene rings is 2. The first kappa shape index (κ1) is 20.7. The summed E-state index contributed by atoms with van der Waals surface area (Å²) in [4.78, 5) is 32.3. The van der Waals surface area contributed by atoms with Gasteiger partial charge in [0.2, 0.25) is 0 Å². The summed E-state index contributed by atoms with van der Waals surface area (Å²) in [6, 6.07) is 14.3. The Morgan fingerprint density at radius 1 is 1.10 bits per heavy atom. The molecule has 0 saturated heterocycles. The predicted octanol–water partition coefficient (Wildman–Crippen LogP) is 3.77. The van der Waals surface area contributed by atoms with E-state index in [2.05, 4.69) is 10.3 Å². The first-order valence-corrected chi connectivity index (χ1v) is 10.4. The van der Waals surface area contributed by atoms with Crippen molar-refractivity contribution in [1.29, 1.82) is 0 Å². The van der Waals surface area contributed by atoms with Crippen molar-refractivity contribution in [3.8, 4) is 11.5 Å². The van der Waals surface area contributed by atoms with Crippen molar-refractivity contribution in [1.82, 2.24) is 10.3 Å². The number of amides is 2. The number of methoxy groups -OCH3 is 2. The number of nitrogens with zero attached hydrogens (tertiary/aromatic N) is 2. The number of fused-ring (bicyclic) bond motifs is 2. The Morgan fingerprint density at radius 3 is 2.68 bits per heavy atom. The molecular weight excluding hydrogens is 414 g/mol. The maximum Gasteiger partial charge on any atom is 0.260 e. The van der Waals surface area contributed by atoms with Gasteiger partial charge < -0.3 is 19.7 Å². The largest absolute Gasteiger partial charge is 0.493 e. The molecule has 0 unspecified atom stereocenters. The van der Waals surface area contributed by atoms with Crippen molar-refractivity contribution in [3.05, 3.63) is 71.4 Å². The number of aromatic nitrogens is 1. The van der Waals surface area contributed by atoms with Gasteiger partial charge >= 0.3 is 0 Å². The van der Waals surface area contributed by atoms with Crippen LogP contribution < -0.4 is 19.7 Å². The SMILES string of the molecule is COc1ccc(CNC(=O)c2ccc3c(c2)Sc2ncccc2C(=O)N3C)cc1OC. The highest BCUT2D eigenvalue weighted by molar-refractivity contribution is 7.99. The Hall–Kier alpha value is -3.52. The highest BCUT2D eigenvalue weighted by Gasteiger charge is 2.26. The second-order valence-corrected chi connectivity index (χ2v) is 7.91. The lowest BCUT2D eigenvalue weighted by Crippen LogP contribution is -2.26. The van der Waals surface area contributed by atoms with Crippen molar-refractivity contribution in [2.45, 2.75) is 16.5 Å². The van der Waals surface area contributed by atoms with Crippen LogP contribution in [-0.2, 0) is 6.54 Å². The molecule has 0 atom stereocenters. The van der Waals surface area contributed by atoms with E-state index in [-0.39, 0.29) is 11.8 Å². The minimum absolute atomic E-state index is 0.125. The Balaban J connectivity index is 1.55. The van der Waals surface area contributed by atoms with E-state index < -0.39 is 0 Å². The van der Waals surface area contributed by atoms with Gasteiger partial charge in [0.05, 0.1) is 25.5 Å². The van der Waals surface area contributed by atoms with Gasteiger partial charge in [-0.15, -0.1) is 0 Å². The number of anilines is 1. The van der Waals surface area contributed by atoms with Gasteiger partial charge in [0.25, 0.3) is 11.8 Å². The van der Waals surface area contributed by atoms with E-state index in [0.717, 1.165) is 16.1 Å². The van der Waals surface area contributed by atoms with E-state index in [9.17, 15) is 9.59 Å². The number of hydrogen-bond donors (Lipinski definition) is 1. The number of pyridine rings is 1. The fourth-order valence-corrected chi connectivity index (χ4v) is 4.40. The predicted molar refractivity (Wildman–Crippen MR) is 118 cm³/mol. The Morgan fingerprint density at radius 2 is 1.90 bits per heavy atom. The van der Waals surface area contributed by atoms with Crippen LogP contribution in [0.5, 0.6) is 11.5 Å². The van der Waals surface area contributed by atoms with Gasteiger partial charge in [0.15, 0.2) is 11.5 Å². The zero-order chi connectivity index (χ0) is 22.0. The van der Waals surface area contributed by atoms with E-state index in [0.29, 0.717) is 34.2 Å². The van der Waals surface area contributed by atoms with E-state index in [1.165, 1.54) is 11.8 Å². The van der Waals surface area contributed by atoms with Crippen LogP contribution in [0.25, 0.3) is 0 Å². The average molecular weight is 436 g/mol. The van der Waals surface area contributed by atoms with Crippen LogP contribution in [0.2, 0.25) is 0 Å². The molecule has 7 nitrogen and oxygen atoms in total. The number of hydrogen-bond acceptors (Lipinski definition) is 6. The molecule has 0 bridgehead atoms. The van der Waals surface area contributed by atoms with Crippen molar-refractivity contribution in [2.75, 3.05) is 26.2 Å². The molecule has 0 spiro atoms. The molecule has 31 heavy (non-hydrogen) atoms. The summed E-state index contributed by atoms with van der Waals surface area (Å²) in [5, 5.41) is 3.55. The van der Waals surface area contributed by atoms with Crippen LogP contribution >= 0.6 is 11.8 Å². The highest BCUT2D eigenvalue weighted by atomic mass is 32.2. The summed E-state index contributed by atoms with van der Waals surface area (Å²) in [6.07, 6.45) is 1.66. The molecule has 0 fully saturated rings. The molecule has 0 saturated carbocycles. The zero-order valence-electron chi connectivity index (χ0n) is 17.3. The molecule has 1 aromatic heterocycles. The lowest BCUT2D eigenvalue weighted by atomic mass is 10.1. The highest BCUT2D eigenvalue weighted by Crippen LogP contribution is 2.40. The van der Waals surface area contributed by atoms with Crippen LogP contribution in [0.3, 0.4) is 0 Å². The molecular formula is C23H21N3O4S. The lowest BCUT2D eigenvalue weighted by molar-refractivity contribution is 0.0949. The number of carbonyl (C=O) groups is 2. The third-order valence-corrected chi connectivity index (χ3v) is 6.06. The zero-order valence-corrected chi connectivity index (χ0v) is 18.2. The summed E-state index contributed by atoms with van der Waals surface area (Å²) in [6.45, 7) is 0.339. The molecule has 4 rings (SSSR count). The minimum Gasteiger partial charge on any atom is -0.493 e. The number of nitrogens with one attached hydrogen (secondary N) is 1. The quantitative estimate of drug-likeness (QED) is 0.657. The fourth-order valence-electron chi connectivity index (χ4n) is 3.32. The van der Waals surface area contributed by atoms with E-state index in [4.69, 9.17) is 9.47 Å². The van der Waals surface area contributed by atoms with Gasteiger partial charge in [-0.1, -0.05) is 17.8 Å². The van der Waals surface area contributed by atoms with Gasteiger partial charge in [0.1, 0.15) is 5.03 Å².